The smallest absolute Gasteiger partial charge is 0.415 e. The third-order valence-corrected chi connectivity index (χ3v) is 4.15. The van der Waals surface area contributed by atoms with E-state index in [4.69, 9.17) is 4.74 Å². The first-order chi connectivity index (χ1) is 11.2. The molecule has 2 aliphatic heterocycles. The monoisotopic (exact) mass is 332 g/mol. The summed E-state index contributed by atoms with van der Waals surface area (Å²) in [6.07, 6.45) is -1.23. The number of esters is 1. The molecule has 24 heavy (non-hydrogen) atoms. The maximum atomic E-state index is 12.3. The zero-order chi connectivity index (χ0) is 17.6. The number of amides is 2. The van der Waals surface area contributed by atoms with Crippen molar-refractivity contribution in [2.45, 2.75) is 38.8 Å². The average molecular weight is 332 g/mol. The second-order valence-corrected chi connectivity index (χ2v) is 6.90. The van der Waals surface area contributed by atoms with Gasteiger partial charge in [0.15, 0.2) is 0 Å². The molecule has 128 valence electrons. The minimum Gasteiger partial charge on any atom is -0.466 e. The zero-order valence-corrected chi connectivity index (χ0v) is 14.2. The normalized spacial score (nSPS) is 20.2. The van der Waals surface area contributed by atoms with E-state index in [1.54, 1.807) is 17.0 Å². The molecule has 2 aliphatic rings. The minimum atomic E-state index is -0.927. The van der Waals surface area contributed by atoms with Crippen LogP contribution in [0.4, 0.5) is 16.2 Å². The topological polar surface area (TPSA) is 76.2 Å². The second kappa shape index (κ2) is 5.51. The molecule has 0 bridgehead atoms. The maximum Gasteiger partial charge on any atom is 0.415 e. The first-order valence-corrected chi connectivity index (χ1v) is 7.74. The molecular weight excluding hydrogens is 312 g/mol. The van der Waals surface area contributed by atoms with Crippen molar-refractivity contribution in [3.8, 4) is 0 Å². The van der Waals surface area contributed by atoms with Crippen LogP contribution in [0.1, 0.15) is 26.3 Å². The summed E-state index contributed by atoms with van der Waals surface area (Å²) in [4.78, 5) is 39.0. The van der Waals surface area contributed by atoms with Gasteiger partial charge < -0.3 is 14.4 Å². The Morgan fingerprint density at radius 1 is 1.29 bits per heavy atom. The van der Waals surface area contributed by atoms with E-state index in [0.717, 1.165) is 11.3 Å². The molecule has 2 heterocycles. The highest BCUT2D eigenvalue weighted by molar-refractivity contribution is 6.03. The van der Waals surface area contributed by atoms with Crippen LogP contribution < -0.4 is 9.80 Å². The number of nitrogens with zero attached hydrogens (tertiary/aromatic N) is 2. The molecule has 0 spiro atoms. The Morgan fingerprint density at radius 2 is 2.00 bits per heavy atom. The Hall–Kier alpha value is -2.57. The summed E-state index contributed by atoms with van der Waals surface area (Å²) in [5, 5.41) is 0. The minimum absolute atomic E-state index is 0.0334. The van der Waals surface area contributed by atoms with Crippen LogP contribution in [0.2, 0.25) is 0 Å². The molecule has 0 aliphatic carbocycles. The number of carbonyl (C=O) groups excluding carboxylic acids is 3. The van der Waals surface area contributed by atoms with Gasteiger partial charge in [0, 0.05) is 16.9 Å². The molecule has 1 aromatic rings. The molecule has 0 saturated carbocycles. The molecule has 7 nitrogen and oxygen atoms in total. The van der Waals surface area contributed by atoms with Gasteiger partial charge in [-0.2, -0.15) is 0 Å². The van der Waals surface area contributed by atoms with Crippen molar-refractivity contribution >= 4 is 29.3 Å². The molecule has 0 aromatic heterocycles. The van der Waals surface area contributed by atoms with Crippen molar-refractivity contribution in [1.82, 2.24) is 0 Å². The van der Waals surface area contributed by atoms with E-state index < -0.39 is 18.2 Å². The van der Waals surface area contributed by atoms with E-state index in [9.17, 15) is 14.4 Å². The lowest BCUT2D eigenvalue weighted by Crippen LogP contribution is -2.43. The molecule has 2 amide bonds. The Kier molecular flexibility index (Phi) is 3.74. The summed E-state index contributed by atoms with van der Waals surface area (Å²) in [6.45, 7) is 6.04. The lowest BCUT2D eigenvalue weighted by Gasteiger charge is -2.32. The fraction of sp³-hybridized carbons (Fsp3) is 0.471. The van der Waals surface area contributed by atoms with Crippen molar-refractivity contribution in [2.24, 2.45) is 0 Å². The Labute approximate surface area is 140 Å². The molecule has 7 heteroatoms. The number of hydrogen-bond acceptors (Lipinski definition) is 5. The van der Waals surface area contributed by atoms with Crippen LogP contribution in [0.25, 0.3) is 0 Å². The number of cyclic esters (lactones) is 1. The standard InChI is InChI=1S/C17H20N2O5/c1-17(2,3)19-12-6-5-11(7-10(12)8-14(19)20)18-9-13(15(21)23-4)24-16(18)22/h5-7,13H,8-9H2,1-4H3. The molecule has 1 aromatic carbocycles. The van der Waals surface area contributed by atoms with Gasteiger partial charge in [0.25, 0.3) is 0 Å². The zero-order valence-electron chi connectivity index (χ0n) is 14.2. The molecule has 1 unspecified atom stereocenters. The summed E-state index contributed by atoms with van der Waals surface area (Å²) >= 11 is 0. The quantitative estimate of drug-likeness (QED) is 0.773. The average Bonchev–Trinajstić information content (AvgIpc) is 3.04. The van der Waals surface area contributed by atoms with Crippen LogP contribution in [0.5, 0.6) is 0 Å². The molecule has 3 rings (SSSR count). The van der Waals surface area contributed by atoms with Crippen LogP contribution in [0.3, 0.4) is 0 Å². The number of anilines is 2. The van der Waals surface area contributed by atoms with E-state index in [1.165, 1.54) is 12.0 Å². The Balaban J connectivity index is 1.89. The molecule has 1 saturated heterocycles. The largest absolute Gasteiger partial charge is 0.466 e. The Morgan fingerprint density at radius 3 is 2.62 bits per heavy atom. The third-order valence-electron chi connectivity index (χ3n) is 4.15. The van der Waals surface area contributed by atoms with Crippen molar-refractivity contribution in [1.29, 1.82) is 0 Å². The van der Waals surface area contributed by atoms with Crippen molar-refractivity contribution in [3.05, 3.63) is 23.8 Å². The van der Waals surface area contributed by atoms with Crippen LogP contribution in [-0.2, 0) is 25.5 Å². The van der Waals surface area contributed by atoms with Gasteiger partial charge in [-0.05, 0) is 44.5 Å². The highest BCUT2D eigenvalue weighted by Gasteiger charge is 2.39. The fourth-order valence-electron chi connectivity index (χ4n) is 3.14. The lowest BCUT2D eigenvalue weighted by atomic mass is 10.1. The van der Waals surface area contributed by atoms with Gasteiger partial charge in [0.05, 0.1) is 20.1 Å². The maximum absolute atomic E-state index is 12.3. The van der Waals surface area contributed by atoms with E-state index in [1.807, 2.05) is 26.8 Å². The van der Waals surface area contributed by atoms with Crippen molar-refractivity contribution in [2.75, 3.05) is 23.5 Å². The van der Waals surface area contributed by atoms with Crippen molar-refractivity contribution < 1.29 is 23.9 Å². The summed E-state index contributed by atoms with van der Waals surface area (Å²) in [5.41, 5.74) is 2.01. The third kappa shape index (κ3) is 2.60. The van der Waals surface area contributed by atoms with Gasteiger partial charge in [-0.1, -0.05) is 0 Å². The first kappa shape index (κ1) is 16.3. The number of methoxy groups -OCH3 is 1. The number of ether oxygens (including phenoxy) is 2. The van der Waals surface area contributed by atoms with E-state index >= 15 is 0 Å². The molecular formula is C17H20N2O5. The number of carbonyl (C=O) groups is 3. The lowest BCUT2D eigenvalue weighted by molar-refractivity contribution is -0.148. The van der Waals surface area contributed by atoms with Gasteiger partial charge in [0.2, 0.25) is 12.0 Å². The van der Waals surface area contributed by atoms with Gasteiger partial charge in [-0.25, -0.2) is 9.59 Å². The fourth-order valence-corrected chi connectivity index (χ4v) is 3.14. The summed E-state index contributed by atoms with van der Waals surface area (Å²) in [6, 6.07) is 5.40. The SMILES string of the molecule is COC(=O)C1CN(c2ccc3c(c2)CC(=O)N3C(C)(C)C)C(=O)O1. The number of fused-ring (bicyclic) bond motifs is 1. The predicted octanol–water partition coefficient (Wildman–Crippen LogP) is 1.87. The molecule has 0 N–H and O–H groups in total. The summed E-state index contributed by atoms with van der Waals surface area (Å²) < 4.78 is 9.64. The second-order valence-electron chi connectivity index (χ2n) is 6.90. The van der Waals surface area contributed by atoms with E-state index in [-0.39, 0.29) is 18.0 Å². The highest BCUT2D eigenvalue weighted by atomic mass is 16.6. The van der Waals surface area contributed by atoms with Crippen LogP contribution in [0, 0.1) is 0 Å². The summed E-state index contributed by atoms with van der Waals surface area (Å²) in [7, 11) is 1.25. The molecule has 1 atom stereocenters. The van der Waals surface area contributed by atoms with Gasteiger partial charge in [-0.3, -0.25) is 9.69 Å². The van der Waals surface area contributed by atoms with E-state index in [0.29, 0.717) is 12.1 Å². The predicted molar refractivity (Wildman–Crippen MR) is 87.0 cm³/mol. The Bertz CT molecular complexity index is 722. The number of hydrogen-bond donors (Lipinski definition) is 0. The number of benzene rings is 1. The van der Waals surface area contributed by atoms with Gasteiger partial charge in [-0.15, -0.1) is 0 Å². The van der Waals surface area contributed by atoms with Gasteiger partial charge >= 0.3 is 12.1 Å². The summed E-state index contributed by atoms with van der Waals surface area (Å²) in [5.74, 6) is -0.549. The first-order valence-electron chi connectivity index (χ1n) is 7.74. The van der Waals surface area contributed by atoms with Crippen LogP contribution in [-0.4, -0.2) is 43.3 Å². The van der Waals surface area contributed by atoms with Crippen molar-refractivity contribution in [3.63, 3.8) is 0 Å². The van der Waals surface area contributed by atoms with Crippen LogP contribution >= 0.6 is 0 Å². The highest BCUT2D eigenvalue weighted by Crippen LogP contribution is 2.37. The molecule has 1 fully saturated rings. The van der Waals surface area contributed by atoms with Crippen LogP contribution in [0.15, 0.2) is 18.2 Å². The molecule has 0 radical (unpaired) electrons. The number of rotatable bonds is 2. The van der Waals surface area contributed by atoms with E-state index in [2.05, 4.69) is 4.74 Å². The van der Waals surface area contributed by atoms with Gasteiger partial charge in [0.1, 0.15) is 0 Å².